The minimum Gasteiger partial charge on any atom is -0.756 e. The molecule has 1 amide bonds. The summed E-state index contributed by atoms with van der Waals surface area (Å²) in [5.74, 6) is -0.167. The van der Waals surface area contributed by atoms with Crippen LogP contribution in [0.1, 0.15) is 239 Å². The first-order chi connectivity index (χ1) is 29.5. The fraction of sp³-hybridized carbons (Fsp3) is 0.865. The van der Waals surface area contributed by atoms with Gasteiger partial charge in [-0.25, -0.2) is 0 Å². The van der Waals surface area contributed by atoms with Crippen LogP contribution in [-0.2, 0) is 18.4 Å². The minimum atomic E-state index is -4.56. The fourth-order valence-corrected chi connectivity index (χ4v) is 8.24. The number of phosphoric acid groups is 1. The molecule has 0 saturated carbocycles. The second-order valence-electron chi connectivity index (χ2n) is 18.9. The maximum Gasteiger partial charge on any atom is 0.268 e. The van der Waals surface area contributed by atoms with E-state index < -0.39 is 20.0 Å². The second kappa shape index (κ2) is 43.9. The van der Waals surface area contributed by atoms with Crippen molar-refractivity contribution in [1.82, 2.24) is 5.32 Å². The highest BCUT2D eigenvalue weighted by molar-refractivity contribution is 7.45. The Morgan fingerprint density at radius 1 is 0.574 bits per heavy atom. The van der Waals surface area contributed by atoms with Crippen molar-refractivity contribution in [2.75, 3.05) is 40.9 Å². The Hall–Kier alpha value is -1.28. The number of aliphatic hydroxyl groups is 1. The van der Waals surface area contributed by atoms with Crippen LogP contribution in [0.25, 0.3) is 0 Å². The summed E-state index contributed by atoms with van der Waals surface area (Å²) in [6, 6.07) is -0.800. The van der Waals surface area contributed by atoms with E-state index in [2.05, 4.69) is 55.6 Å². The number of hydrogen-bond donors (Lipinski definition) is 2. The third-order valence-corrected chi connectivity index (χ3v) is 12.6. The predicted molar refractivity (Wildman–Crippen MR) is 261 cm³/mol. The van der Waals surface area contributed by atoms with Crippen LogP contribution >= 0.6 is 7.82 Å². The first-order valence-electron chi connectivity index (χ1n) is 25.8. The van der Waals surface area contributed by atoms with Crippen molar-refractivity contribution in [1.29, 1.82) is 0 Å². The van der Waals surface area contributed by atoms with E-state index in [1.165, 1.54) is 161 Å². The SMILES string of the molecule is CCCCCCC/C=C\C/C=C\C/C=C\CCCCCCCCCCCCCCC(=O)NC(COP(=O)([O-])OCC[N+](C)(C)C)C(O)CCCCCCCCCCCCCC. The topological polar surface area (TPSA) is 108 Å². The smallest absolute Gasteiger partial charge is 0.268 e. The summed E-state index contributed by atoms with van der Waals surface area (Å²) in [6.45, 7) is 4.71. The van der Waals surface area contributed by atoms with Crippen molar-refractivity contribution >= 4 is 13.7 Å². The zero-order valence-electron chi connectivity index (χ0n) is 40.9. The average molecular weight is 881 g/mol. The monoisotopic (exact) mass is 881 g/mol. The predicted octanol–water partition coefficient (Wildman–Crippen LogP) is 14.4. The van der Waals surface area contributed by atoms with Crippen LogP contribution < -0.4 is 10.2 Å². The second-order valence-corrected chi connectivity index (χ2v) is 20.3. The Kier molecular flexibility index (Phi) is 43.0. The van der Waals surface area contributed by atoms with Crippen LogP contribution in [0.3, 0.4) is 0 Å². The highest BCUT2D eigenvalue weighted by Crippen LogP contribution is 2.38. The lowest BCUT2D eigenvalue weighted by Gasteiger charge is -2.30. The molecule has 61 heavy (non-hydrogen) atoms. The fourth-order valence-electron chi connectivity index (χ4n) is 7.52. The molecule has 0 aromatic heterocycles. The third kappa shape index (κ3) is 46.5. The molecule has 0 aliphatic carbocycles. The number of likely N-dealkylation sites (N-methyl/N-ethyl adjacent to an activating group) is 1. The van der Waals surface area contributed by atoms with Gasteiger partial charge < -0.3 is 28.8 Å². The Labute approximate surface area is 378 Å². The Balaban J connectivity index is 4.13. The van der Waals surface area contributed by atoms with Gasteiger partial charge in [0, 0.05) is 6.42 Å². The van der Waals surface area contributed by atoms with Gasteiger partial charge in [-0.1, -0.05) is 217 Å². The zero-order chi connectivity index (χ0) is 45.0. The number of carbonyl (C=O) groups excluding carboxylic acids is 1. The van der Waals surface area contributed by atoms with E-state index in [1.807, 2.05) is 21.1 Å². The molecule has 3 atom stereocenters. The van der Waals surface area contributed by atoms with Crippen LogP contribution in [-0.4, -0.2) is 68.5 Å². The Bertz CT molecular complexity index is 1090. The molecule has 8 nitrogen and oxygen atoms in total. The number of allylic oxidation sites excluding steroid dienone is 6. The van der Waals surface area contributed by atoms with Gasteiger partial charge in [0.25, 0.3) is 7.82 Å². The summed E-state index contributed by atoms with van der Waals surface area (Å²) in [6.07, 6.45) is 54.5. The highest BCUT2D eigenvalue weighted by Gasteiger charge is 2.24. The number of nitrogens with zero attached hydrogens (tertiary/aromatic N) is 1. The molecule has 0 saturated heterocycles. The molecule has 360 valence electrons. The standard InChI is InChI=1S/C52H101N2O6P/c1-6-8-10-12-14-16-18-20-21-22-23-24-25-26-27-28-29-30-31-32-33-34-36-38-40-42-44-46-52(56)53-50(49-60-61(57,58)59-48-47-54(3,4)5)51(55)45-43-41-39-37-35-19-17-15-13-11-9-7-2/h18,20,22-23,25-26,50-51,55H,6-17,19,21,24,27-49H2,1-5H3,(H-,53,56,57,58)/b20-18-,23-22-,26-25-. The average Bonchev–Trinajstić information content (AvgIpc) is 3.21. The maximum atomic E-state index is 12.9. The quantitative estimate of drug-likeness (QED) is 0.0273. The van der Waals surface area contributed by atoms with E-state index in [4.69, 9.17) is 9.05 Å². The van der Waals surface area contributed by atoms with Crippen molar-refractivity contribution in [2.45, 2.75) is 251 Å². The number of amides is 1. The molecule has 0 spiro atoms. The van der Waals surface area contributed by atoms with Gasteiger partial charge in [-0.05, 0) is 51.4 Å². The molecule has 0 radical (unpaired) electrons. The van der Waals surface area contributed by atoms with Crippen LogP contribution in [0.5, 0.6) is 0 Å². The number of nitrogens with one attached hydrogen (secondary N) is 1. The Morgan fingerprint density at radius 3 is 1.38 bits per heavy atom. The number of aliphatic hydroxyl groups excluding tert-OH is 1. The Morgan fingerprint density at radius 2 is 0.951 bits per heavy atom. The first-order valence-corrected chi connectivity index (χ1v) is 27.3. The summed E-state index contributed by atoms with van der Waals surface area (Å²) < 4.78 is 23.3. The van der Waals surface area contributed by atoms with Crippen LogP contribution in [0, 0.1) is 0 Å². The third-order valence-electron chi connectivity index (χ3n) is 11.6. The number of rotatable bonds is 47. The lowest BCUT2D eigenvalue weighted by Crippen LogP contribution is -2.46. The normalized spacial score (nSPS) is 14.4. The zero-order valence-corrected chi connectivity index (χ0v) is 41.8. The molecule has 0 bridgehead atoms. The lowest BCUT2D eigenvalue weighted by atomic mass is 10.0. The molecule has 0 aromatic rings. The van der Waals surface area contributed by atoms with Gasteiger partial charge in [-0.2, -0.15) is 0 Å². The number of hydrogen-bond acceptors (Lipinski definition) is 6. The number of carbonyl (C=O) groups is 1. The van der Waals surface area contributed by atoms with Crippen LogP contribution in [0.15, 0.2) is 36.5 Å². The van der Waals surface area contributed by atoms with Crippen molar-refractivity contribution in [3.8, 4) is 0 Å². The number of quaternary nitrogens is 1. The number of unbranched alkanes of at least 4 members (excludes halogenated alkanes) is 28. The lowest BCUT2D eigenvalue weighted by molar-refractivity contribution is -0.870. The van der Waals surface area contributed by atoms with E-state index in [0.717, 1.165) is 51.4 Å². The first kappa shape index (κ1) is 59.7. The molecular formula is C52H101N2O6P. The van der Waals surface area contributed by atoms with Crippen molar-refractivity contribution < 1.29 is 32.9 Å². The van der Waals surface area contributed by atoms with Crippen molar-refractivity contribution in [2.24, 2.45) is 0 Å². The van der Waals surface area contributed by atoms with Gasteiger partial charge in [0.15, 0.2) is 0 Å². The van der Waals surface area contributed by atoms with E-state index in [-0.39, 0.29) is 19.1 Å². The van der Waals surface area contributed by atoms with Gasteiger partial charge >= 0.3 is 0 Å². The number of phosphoric ester groups is 1. The molecule has 0 aromatic carbocycles. The molecule has 3 unspecified atom stereocenters. The minimum absolute atomic E-state index is 0.0118. The summed E-state index contributed by atoms with van der Waals surface area (Å²) in [5.41, 5.74) is 0. The molecule has 2 N–H and O–H groups in total. The van der Waals surface area contributed by atoms with E-state index in [0.29, 0.717) is 23.9 Å². The molecule has 0 rings (SSSR count). The molecule has 0 aliphatic heterocycles. The van der Waals surface area contributed by atoms with Crippen LogP contribution in [0.4, 0.5) is 0 Å². The van der Waals surface area contributed by atoms with Gasteiger partial charge in [0.2, 0.25) is 5.91 Å². The van der Waals surface area contributed by atoms with Crippen LogP contribution in [0.2, 0.25) is 0 Å². The molecule has 0 aliphatic rings. The van der Waals surface area contributed by atoms with E-state index in [1.54, 1.807) is 0 Å². The molecule has 0 heterocycles. The summed E-state index contributed by atoms with van der Waals surface area (Å²) in [5, 5.41) is 13.9. The van der Waals surface area contributed by atoms with Crippen molar-refractivity contribution in [3.05, 3.63) is 36.5 Å². The van der Waals surface area contributed by atoms with E-state index in [9.17, 15) is 19.4 Å². The van der Waals surface area contributed by atoms with Gasteiger partial charge in [-0.15, -0.1) is 0 Å². The van der Waals surface area contributed by atoms with Gasteiger partial charge in [0.05, 0.1) is 39.9 Å². The largest absolute Gasteiger partial charge is 0.756 e. The maximum absolute atomic E-state index is 12.9. The molecular weight excluding hydrogens is 780 g/mol. The van der Waals surface area contributed by atoms with Crippen molar-refractivity contribution in [3.63, 3.8) is 0 Å². The summed E-state index contributed by atoms with van der Waals surface area (Å²) in [7, 11) is 1.30. The summed E-state index contributed by atoms with van der Waals surface area (Å²) >= 11 is 0. The summed E-state index contributed by atoms with van der Waals surface area (Å²) in [4.78, 5) is 25.4. The molecule has 0 fully saturated rings. The highest BCUT2D eigenvalue weighted by atomic mass is 31.2. The van der Waals surface area contributed by atoms with E-state index >= 15 is 0 Å². The van der Waals surface area contributed by atoms with Gasteiger partial charge in [-0.3, -0.25) is 9.36 Å². The van der Waals surface area contributed by atoms with Gasteiger partial charge in [0.1, 0.15) is 13.2 Å². The molecule has 9 heteroatoms.